The van der Waals surface area contributed by atoms with Crippen molar-refractivity contribution in [2.45, 2.75) is 32.2 Å². The monoisotopic (exact) mass is 188 g/mol. The molecule has 0 aromatic heterocycles. The number of hydrogen-bond donors (Lipinski definition) is 2. The molecule has 4 N–H and O–H groups in total. The first kappa shape index (κ1) is 11.9. The van der Waals surface area contributed by atoms with Gasteiger partial charge in [0.2, 0.25) is 5.91 Å². The fourth-order valence-corrected chi connectivity index (χ4v) is 0.669. The summed E-state index contributed by atoms with van der Waals surface area (Å²) in [6.45, 7) is 2.36. The second kappa shape index (κ2) is 6.42. The van der Waals surface area contributed by atoms with E-state index < -0.39 is 17.9 Å². The molecule has 13 heavy (non-hydrogen) atoms. The van der Waals surface area contributed by atoms with Gasteiger partial charge in [0.05, 0.1) is 19.1 Å². The first-order valence-electron chi connectivity index (χ1n) is 4.28. The van der Waals surface area contributed by atoms with Crippen LogP contribution in [0.4, 0.5) is 0 Å². The molecule has 1 unspecified atom stereocenters. The van der Waals surface area contributed by atoms with E-state index in [1.165, 1.54) is 0 Å². The smallest absolute Gasteiger partial charge is 0.307 e. The van der Waals surface area contributed by atoms with Crippen LogP contribution in [-0.4, -0.2) is 24.5 Å². The average molecular weight is 188 g/mol. The highest BCUT2D eigenvalue weighted by Crippen LogP contribution is 1.94. The van der Waals surface area contributed by atoms with Gasteiger partial charge < -0.3 is 16.2 Å². The van der Waals surface area contributed by atoms with E-state index in [-0.39, 0.29) is 6.42 Å². The van der Waals surface area contributed by atoms with Gasteiger partial charge in [-0.25, -0.2) is 0 Å². The molecule has 0 fully saturated rings. The van der Waals surface area contributed by atoms with Crippen molar-refractivity contribution in [3.05, 3.63) is 0 Å². The maximum atomic E-state index is 10.9. The van der Waals surface area contributed by atoms with Crippen LogP contribution in [0, 0.1) is 0 Å². The van der Waals surface area contributed by atoms with Gasteiger partial charge in [-0.3, -0.25) is 9.59 Å². The Hall–Kier alpha value is -1.10. The number of amides is 1. The molecular weight excluding hydrogens is 172 g/mol. The lowest BCUT2D eigenvalue weighted by atomic mass is 10.2. The Labute approximate surface area is 77.4 Å². The largest absolute Gasteiger partial charge is 0.466 e. The Morgan fingerprint density at radius 3 is 2.54 bits per heavy atom. The summed E-state index contributed by atoms with van der Waals surface area (Å²) in [5, 5.41) is 0. The van der Waals surface area contributed by atoms with Crippen LogP contribution >= 0.6 is 0 Å². The van der Waals surface area contributed by atoms with Gasteiger partial charge in [-0.1, -0.05) is 13.3 Å². The third kappa shape index (κ3) is 6.10. The molecule has 0 aromatic carbocycles. The van der Waals surface area contributed by atoms with Crippen LogP contribution in [0.5, 0.6) is 0 Å². The van der Waals surface area contributed by atoms with Gasteiger partial charge in [-0.15, -0.1) is 0 Å². The number of rotatable bonds is 6. The Bertz CT molecular complexity index is 182. The lowest BCUT2D eigenvalue weighted by molar-refractivity contribution is -0.145. The van der Waals surface area contributed by atoms with E-state index in [1.54, 1.807) is 0 Å². The summed E-state index contributed by atoms with van der Waals surface area (Å²) < 4.78 is 4.78. The number of unbranched alkanes of at least 4 members (excludes halogenated alkanes) is 1. The first-order chi connectivity index (χ1) is 6.07. The quantitative estimate of drug-likeness (QED) is 0.435. The first-order valence-corrected chi connectivity index (χ1v) is 4.28. The molecule has 5 heteroatoms. The van der Waals surface area contributed by atoms with E-state index >= 15 is 0 Å². The molecule has 0 spiro atoms. The number of nitrogens with two attached hydrogens (primary N) is 2. The highest BCUT2D eigenvalue weighted by Gasteiger charge is 2.14. The molecule has 0 aliphatic carbocycles. The van der Waals surface area contributed by atoms with Crippen LogP contribution in [-0.2, 0) is 14.3 Å². The zero-order valence-electron chi connectivity index (χ0n) is 7.79. The third-order valence-electron chi connectivity index (χ3n) is 1.51. The molecule has 0 aliphatic heterocycles. The third-order valence-corrected chi connectivity index (χ3v) is 1.51. The Balaban J connectivity index is 3.56. The fourth-order valence-electron chi connectivity index (χ4n) is 0.669. The normalized spacial score (nSPS) is 12.2. The Kier molecular flexibility index (Phi) is 5.88. The van der Waals surface area contributed by atoms with Gasteiger partial charge in [-0.05, 0) is 6.42 Å². The molecule has 1 amide bonds. The van der Waals surface area contributed by atoms with E-state index in [4.69, 9.17) is 16.2 Å². The molecule has 1 atom stereocenters. The number of hydrogen-bond acceptors (Lipinski definition) is 4. The van der Waals surface area contributed by atoms with Crippen molar-refractivity contribution < 1.29 is 14.3 Å². The van der Waals surface area contributed by atoms with Crippen LogP contribution in [0.15, 0.2) is 0 Å². The predicted molar refractivity (Wildman–Crippen MR) is 47.7 cm³/mol. The molecule has 5 nitrogen and oxygen atoms in total. The lowest BCUT2D eigenvalue weighted by Crippen LogP contribution is -2.38. The van der Waals surface area contributed by atoms with E-state index in [0.717, 1.165) is 12.8 Å². The Morgan fingerprint density at radius 2 is 2.08 bits per heavy atom. The number of esters is 1. The minimum atomic E-state index is -0.936. The zero-order chi connectivity index (χ0) is 10.3. The highest BCUT2D eigenvalue weighted by molar-refractivity contribution is 5.84. The molecule has 0 radical (unpaired) electrons. The maximum Gasteiger partial charge on any atom is 0.307 e. The maximum absolute atomic E-state index is 10.9. The van der Waals surface area contributed by atoms with Crippen molar-refractivity contribution in [3.63, 3.8) is 0 Å². The predicted octanol–water partition coefficient (Wildman–Crippen LogP) is -0.468. The van der Waals surface area contributed by atoms with E-state index in [1.807, 2.05) is 6.92 Å². The van der Waals surface area contributed by atoms with Crippen molar-refractivity contribution in [1.82, 2.24) is 0 Å². The fraction of sp³-hybridized carbons (Fsp3) is 0.750. The number of carbonyl (C=O) groups is 2. The molecule has 0 bridgehead atoms. The molecule has 0 saturated heterocycles. The summed E-state index contributed by atoms with van der Waals surface area (Å²) in [7, 11) is 0. The van der Waals surface area contributed by atoms with Crippen LogP contribution in [0.2, 0.25) is 0 Å². The minimum absolute atomic E-state index is 0.140. The van der Waals surface area contributed by atoms with E-state index in [2.05, 4.69) is 0 Å². The summed E-state index contributed by atoms with van der Waals surface area (Å²) >= 11 is 0. The van der Waals surface area contributed by atoms with Crippen LogP contribution in [0.3, 0.4) is 0 Å². The van der Waals surface area contributed by atoms with Crippen molar-refractivity contribution in [2.24, 2.45) is 11.5 Å². The van der Waals surface area contributed by atoms with Gasteiger partial charge in [0.15, 0.2) is 0 Å². The van der Waals surface area contributed by atoms with Gasteiger partial charge in [0.25, 0.3) is 0 Å². The Morgan fingerprint density at radius 1 is 1.46 bits per heavy atom. The zero-order valence-corrected chi connectivity index (χ0v) is 7.79. The summed E-state index contributed by atoms with van der Waals surface area (Å²) in [6, 6.07) is -0.936. The molecule has 76 valence electrons. The second-order valence-electron chi connectivity index (χ2n) is 2.79. The topological polar surface area (TPSA) is 95.4 Å². The molecule has 0 saturated carbocycles. The van der Waals surface area contributed by atoms with Gasteiger partial charge in [0, 0.05) is 0 Å². The molecule has 0 aromatic rings. The van der Waals surface area contributed by atoms with Crippen molar-refractivity contribution in [2.75, 3.05) is 6.61 Å². The van der Waals surface area contributed by atoms with Crippen LogP contribution < -0.4 is 11.5 Å². The molecule has 0 heterocycles. The summed E-state index contributed by atoms with van der Waals surface area (Å²) in [6.07, 6.45) is 1.63. The van der Waals surface area contributed by atoms with Crippen molar-refractivity contribution >= 4 is 11.9 Å². The van der Waals surface area contributed by atoms with Gasteiger partial charge >= 0.3 is 5.97 Å². The van der Waals surface area contributed by atoms with E-state index in [9.17, 15) is 9.59 Å². The SMILES string of the molecule is CCCCOC(=O)CC(N)C(N)=O. The number of ether oxygens (including phenoxy) is 1. The summed E-state index contributed by atoms with van der Waals surface area (Å²) in [5.41, 5.74) is 10.1. The second-order valence-corrected chi connectivity index (χ2v) is 2.79. The van der Waals surface area contributed by atoms with Crippen LogP contribution in [0.25, 0.3) is 0 Å². The van der Waals surface area contributed by atoms with Gasteiger partial charge in [0.1, 0.15) is 0 Å². The lowest BCUT2D eigenvalue weighted by Gasteiger charge is -2.06. The minimum Gasteiger partial charge on any atom is -0.466 e. The van der Waals surface area contributed by atoms with Crippen molar-refractivity contribution in [1.29, 1.82) is 0 Å². The standard InChI is InChI=1S/C8H16N2O3/c1-2-3-4-13-7(11)5-6(9)8(10)12/h6H,2-5,9H2,1H3,(H2,10,12). The number of primary amides is 1. The highest BCUT2D eigenvalue weighted by atomic mass is 16.5. The summed E-state index contributed by atoms with van der Waals surface area (Å²) in [5.74, 6) is -1.16. The molecule has 0 rings (SSSR count). The number of carbonyl (C=O) groups excluding carboxylic acids is 2. The van der Waals surface area contributed by atoms with Gasteiger partial charge in [-0.2, -0.15) is 0 Å². The molecular formula is C8H16N2O3. The average Bonchev–Trinajstić information content (AvgIpc) is 2.04. The van der Waals surface area contributed by atoms with Crippen LogP contribution in [0.1, 0.15) is 26.2 Å². The van der Waals surface area contributed by atoms with Crippen molar-refractivity contribution in [3.8, 4) is 0 Å². The summed E-state index contributed by atoms with van der Waals surface area (Å²) in [4.78, 5) is 21.4. The molecule has 0 aliphatic rings. The van der Waals surface area contributed by atoms with E-state index in [0.29, 0.717) is 6.61 Å².